The molecule has 6 heteroatoms. The molecule has 2 aliphatic rings. The number of carbonyl (C=O) groups is 1. The highest BCUT2D eigenvalue weighted by atomic mass is 32.2. The molecule has 1 aromatic rings. The van der Waals surface area contributed by atoms with Crippen molar-refractivity contribution in [3.8, 4) is 0 Å². The fourth-order valence-electron chi connectivity index (χ4n) is 4.09. The van der Waals surface area contributed by atoms with Gasteiger partial charge in [-0.15, -0.1) is 0 Å². The monoisotopic (exact) mass is 364 g/mol. The first-order chi connectivity index (χ1) is 11.9. The van der Waals surface area contributed by atoms with E-state index >= 15 is 0 Å². The molecular formula is C19H28N2O3S. The first-order valence-corrected chi connectivity index (χ1v) is 10.7. The number of sulfonamides is 1. The maximum Gasteiger partial charge on any atom is 0.243 e. The quantitative estimate of drug-likeness (QED) is 0.889. The van der Waals surface area contributed by atoms with Crippen LogP contribution in [0.15, 0.2) is 29.2 Å². The number of nitrogens with one attached hydrogen (secondary N) is 1. The summed E-state index contributed by atoms with van der Waals surface area (Å²) in [5.74, 6) is 0.901. The Morgan fingerprint density at radius 2 is 1.60 bits per heavy atom. The summed E-state index contributed by atoms with van der Waals surface area (Å²) < 4.78 is 27.3. The van der Waals surface area contributed by atoms with E-state index in [9.17, 15) is 13.2 Å². The second-order valence-electron chi connectivity index (χ2n) is 7.76. The maximum absolute atomic E-state index is 12.9. The fraction of sp³-hybridized carbons (Fsp3) is 0.632. The number of anilines is 1. The van der Waals surface area contributed by atoms with Gasteiger partial charge >= 0.3 is 0 Å². The molecule has 5 nitrogen and oxygen atoms in total. The van der Waals surface area contributed by atoms with E-state index in [-0.39, 0.29) is 11.8 Å². The fourth-order valence-corrected chi connectivity index (χ4v) is 5.77. The van der Waals surface area contributed by atoms with E-state index in [1.54, 1.807) is 28.6 Å². The van der Waals surface area contributed by atoms with Crippen molar-refractivity contribution in [2.75, 3.05) is 18.4 Å². The zero-order chi connectivity index (χ0) is 18.0. The molecule has 1 saturated heterocycles. The molecule has 2 fully saturated rings. The molecule has 1 aliphatic carbocycles. The van der Waals surface area contributed by atoms with Gasteiger partial charge in [-0.3, -0.25) is 4.79 Å². The van der Waals surface area contributed by atoms with Crippen LogP contribution >= 0.6 is 0 Å². The summed E-state index contributed by atoms with van der Waals surface area (Å²) in [6, 6.07) is 6.58. The van der Waals surface area contributed by atoms with Crippen LogP contribution in [0.4, 0.5) is 5.69 Å². The van der Waals surface area contributed by atoms with Gasteiger partial charge in [0.2, 0.25) is 15.9 Å². The highest BCUT2D eigenvalue weighted by Gasteiger charge is 2.31. The van der Waals surface area contributed by atoms with Gasteiger partial charge in [0.25, 0.3) is 0 Å². The van der Waals surface area contributed by atoms with Gasteiger partial charge in [-0.2, -0.15) is 4.31 Å². The van der Waals surface area contributed by atoms with E-state index < -0.39 is 10.0 Å². The predicted molar refractivity (Wildman–Crippen MR) is 98.7 cm³/mol. The number of hydrogen-bond acceptors (Lipinski definition) is 3. The Morgan fingerprint density at radius 1 is 1.04 bits per heavy atom. The Bertz CT molecular complexity index is 699. The molecule has 1 aromatic carbocycles. The number of piperidine rings is 1. The van der Waals surface area contributed by atoms with E-state index in [0.29, 0.717) is 35.5 Å². The summed E-state index contributed by atoms with van der Waals surface area (Å²) in [7, 11) is -3.47. The van der Waals surface area contributed by atoms with Gasteiger partial charge in [0.15, 0.2) is 0 Å². The maximum atomic E-state index is 12.9. The SMILES string of the molecule is C[C@H]1C[C@H](C)CN(S(=O)(=O)c2ccc(NC(=O)C3CCCC3)cc2)C1. The molecule has 2 atom stereocenters. The van der Waals surface area contributed by atoms with Crippen molar-refractivity contribution in [1.82, 2.24) is 4.31 Å². The highest BCUT2D eigenvalue weighted by molar-refractivity contribution is 7.89. The molecule has 1 N–H and O–H groups in total. The van der Waals surface area contributed by atoms with Gasteiger partial charge in [-0.05, 0) is 55.4 Å². The molecule has 1 saturated carbocycles. The van der Waals surface area contributed by atoms with E-state index in [2.05, 4.69) is 19.2 Å². The number of nitrogens with zero attached hydrogens (tertiary/aromatic N) is 1. The predicted octanol–water partition coefficient (Wildman–Crippen LogP) is 3.48. The van der Waals surface area contributed by atoms with Crippen LogP contribution in [-0.4, -0.2) is 31.7 Å². The minimum absolute atomic E-state index is 0.0480. The first-order valence-electron chi connectivity index (χ1n) is 9.27. The largest absolute Gasteiger partial charge is 0.326 e. The van der Waals surface area contributed by atoms with Crippen LogP contribution in [0.25, 0.3) is 0 Å². The average Bonchev–Trinajstić information content (AvgIpc) is 3.09. The van der Waals surface area contributed by atoms with Gasteiger partial charge < -0.3 is 5.32 Å². The summed E-state index contributed by atoms with van der Waals surface area (Å²) in [5, 5.41) is 2.91. The molecule has 0 bridgehead atoms. The standard InChI is InChI=1S/C19H28N2O3S/c1-14-11-15(2)13-21(12-14)25(23,24)18-9-7-17(8-10-18)20-19(22)16-5-3-4-6-16/h7-10,14-16H,3-6,11-13H2,1-2H3,(H,20,22)/t14-,15-/m0/s1. The second kappa shape index (κ2) is 7.46. The van der Waals surface area contributed by atoms with Gasteiger partial charge in [0.05, 0.1) is 4.90 Å². The highest BCUT2D eigenvalue weighted by Crippen LogP contribution is 2.28. The van der Waals surface area contributed by atoms with Crippen LogP contribution in [0.3, 0.4) is 0 Å². The zero-order valence-corrected chi connectivity index (χ0v) is 15.9. The Morgan fingerprint density at radius 3 is 2.16 bits per heavy atom. The van der Waals surface area contributed by atoms with E-state index in [1.807, 2.05) is 0 Å². The number of carbonyl (C=O) groups excluding carboxylic acids is 1. The van der Waals surface area contributed by atoms with Crippen LogP contribution < -0.4 is 5.32 Å². The average molecular weight is 365 g/mol. The minimum Gasteiger partial charge on any atom is -0.326 e. The van der Waals surface area contributed by atoms with Crippen molar-refractivity contribution in [1.29, 1.82) is 0 Å². The smallest absolute Gasteiger partial charge is 0.243 e. The summed E-state index contributed by atoms with van der Waals surface area (Å²) in [4.78, 5) is 12.5. The third kappa shape index (κ3) is 4.23. The lowest BCUT2D eigenvalue weighted by Gasteiger charge is -2.34. The third-order valence-electron chi connectivity index (χ3n) is 5.32. The van der Waals surface area contributed by atoms with Crippen LogP contribution in [0.5, 0.6) is 0 Å². The lowest BCUT2D eigenvalue weighted by Crippen LogP contribution is -2.42. The third-order valence-corrected chi connectivity index (χ3v) is 7.17. The lowest BCUT2D eigenvalue weighted by molar-refractivity contribution is -0.119. The first kappa shape index (κ1) is 18.4. The van der Waals surface area contributed by atoms with Gasteiger partial charge in [-0.25, -0.2) is 8.42 Å². The molecule has 25 heavy (non-hydrogen) atoms. The molecule has 1 amide bonds. The molecule has 3 rings (SSSR count). The van der Waals surface area contributed by atoms with Crippen LogP contribution in [0, 0.1) is 17.8 Å². The van der Waals surface area contributed by atoms with Gasteiger partial charge in [-0.1, -0.05) is 26.7 Å². The number of hydrogen-bond donors (Lipinski definition) is 1. The van der Waals surface area contributed by atoms with Crippen molar-refractivity contribution in [3.05, 3.63) is 24.3 Å². The molecule has 0 aromatic heterocycles. The van der Waals surface area contributed by atoms with Crippen molar-refractivity contribution in [2.45, 2.75) is 50.8 Å². The Hall–Kier alpha value is -1.40. The molecule has 0 unspecified atom stereocenters. The molecule has 1 aliphatic heterocycles. The topological polar surface area (TPSA) is 66.5 Å². The summed E-state index contributed by atoms with van der Waals surface area (Å²) in [6.45, 7) is 5.35. The van der Waals surface area contributed by atoms with E-state index in [0.717, 1.165) is 32.1 Å². The number of benzene rings is 1. The minimum atomic E-state index is -3.47. The molecule has 0 radical (unpaired) electrons. The summed E-state index contributed by atoms with van der Waals surface area (Å²) in [5.41, 5.74) is 0.663. The summed E-state index contributed by atoms with van der Waals surface area (Å²) in [6.07, 6.45) is 5.19. The van der Waals surface area contributed by atoms with Crippen LogP contribution in [0.1, 0.15) is 46.0 Å². The molecular weight excluding hydrogens is 336 g/mol. The Kier molecular flexibility index (Phi) is 5.49. The Labute approximate surface area is 150 Å². The second-order valence-corrected chi connectivity index (χ2v) is 9.70. The number of rotatable bonds is 4. The number of amides is 1. The molecule has 0 spiro atoms. The van der Waals surface area contributed by atoms with Crippen molar-refractivity contribution in [3.63, 3.8) is 0 Å². The normalized spacial score (nSPS) is 25.8. The Balaban J connectivity index is 1.69. The molecule has 138 valence electrons. The van der Waals surface area contributed by atoms with Crippen LogP contribution in [-0.2, 0) is 14.8 Å². The van der Waals surface area contributed by atoms with Crippen LogP contribution in [0.2, 0.25) is 0 Å². The van der Waals surface area contributed by atoms with Gasteiger partial charge in [0.1, 0.15) is 0 Å². The van der Waals surface area contributed by atoms with Gasteiger partial charge in [0, 0.05) is 24.7 Å². The molecule has 1 heterocycles. The van der Waals surface area contributed by atoms with Crippen molar-refractivity contribution >= 4 is 21.6 Å². The van der Waals surface area contributed by atoms with Crippen molar-refractivity contribution in [2.24, 2.45) is 17.8 Å². The van der Waals surface area contributed by atoms with E-state index in [4.69, 9.17) is 0 Å². The summed E-state index contributed by atoms with van der Waals surface area (Å²) >= 11 is 0. The van der Waals surface area contributed by atoms with Crippen molar-refractivity contribution < 1.29 is 13.2 Å². The lowest BCUT2D eigenvalue weighted by atomic mass is 9.94. The zero-order valence-electron chi connectivity index (χ0n) is 15.1. The van der Waals surface area contributed by atoms with E-state index in [1.165, 1.54) is 0 Å².